The number of sulfonamides is 1. The van der Waals surface area contributed by atoms with Crippen LogP contribution in [0.4, 0.5) is 5.69 Å². The average molecular weight is 628 g/mol. The zero-order valence-electron chi connectivity index (χ0n) is 21.5. The summed E-state index contributed by atoms with van der Waals surface area (Å²) < 4.78 is 35.3. The largest absolute Gasteiger partial charge is 0.484 e. The second kappa shape index (κ2) is 12.7. The van der Waals surface area contributed by atoms with Gasteiger partial charge in [0, 0.05) is 9.50 Å². The molecule has 0 unspecified atom stereocenters. The van der Waals surface area contributed by atoms with Crippen LogP contribution in [0.1, 0.15) is 29.7 Å². The Morgan fingerprint density at radius 2 is 1.64 bits per heavy atom. The number of nitrogens with zero attached hydrogens (tertiary/aromatic N) is 1. The number of amides is 1. The van der Waals surface area contributed by atoms with Crippen LogP contribution in [0.25, 0.3) is 0 Å². The van der Waals surface area contributed by atoms with Gasteiger partial charge in [-0.1, -0.05) is 69.5 Å². The molecule has 1 atom stereocenters. The highest BCUT2D eigenvalue weighted by Gasteiger charge is 2.25. The molecule has 39 heavy (non-hydrogen) atoms. The summed E-state index contributed by atoms with van der Waals surface area (Å²) in [6, 6.07) is 28.0. The Morgan fingerprint density at radius 3 is 2.28 bits per heavy atom. The van der Waals surface area contributed by atoms with Gasteiger partial charge in [-0.05, 0) is 85.6 Å². The van der Waals surface area contributed by atoms with E-state index in [2.05, 4.69) is 21.2 Å². The van der Waals surface area contributed by atoms with Gasteiger partial charge in [-0.15, -0.1) is 0 Å². The molecule has 0 aromatic heterocycles. The number of anilines is 1. The van der Waals surface area contributed by atoms with Crippen molar-refractivity contribution in [3.8, 4) is 5.75 Å². The third-order valence-electron chi connectivity index (χ3n) is 6.07. The van der Waals surface area contributed by atoms with Crippen LogP contribution < -0.4 is 14.4 Å². The average Bonchev–Trinajstić information content (AvgIpc) is 2.92. The summed E-state index contributed by atoms with van der Waals surface area (Å²) in [5.41, 5.74) is 3.18. The Morgan fingerprint density at radius 1 is 0.974 bits per heavy atom. The van der Waals surface area contributed by atoms with Crippen LogP contribution in [0.3, 0.4) is 0 Å². The van der Waals surface area contributed by atoms with Crippen molar-refractivity contribution in [1.29, 1.82) is 0 Å². The predicted octanol–water partition coefficient (Wildman–Crippen LogP) is 7.06. The van der Waals surface area contributed by atoms with Gasteiger partial charge in [0.2, 0.25) is 0 Å². The molecule has 6 nitrogen and oxygen atoms in total. The van der Waals surface area contributed by atoms with E-state index >= 15 is 0 Å². The van der Waals surface area contributed by atoms with Crippen molar-refractivity contribution in [2.45, 2.75) is 31.3 Å². The maximum Gasteiger partial charge on any atom is 0.264 e. The lowest BCUT2D eigenvalue weighted by Crippen LogP contribution is -2.31. The lowest BCUT2D eigenvalue weighted by molar-refractivity contribution is -0.123. The maximum atomic E-state index is 13.7. The lowest BCUT2D eigenvalue weighted by atomic mass is 10.1. The summed E-state index contributed by atoms with van der Waals surface area (Å²) in [7, 11) is -3.87. The van der Waals surface area contributed by atoms with Gasteiger partial charge in [-0.2, -0.15) is 0 Å². The number of rotatable bonds is 10. The molecule has 0 heterocycles. The first-order chi connectivity index (χ1) is 18.6. The van der Waals surface area contributed by atoms with E-state index in [1.807, 2.05) is 38.1 Å². The summed E-state index contributed by atoms with van der Waals surface area (Å²) in [6.45, 7) is 3.75. The number of carbonyl (C=O) groups excluding carboxylic acids is 1. The molecular weight excluding hydrogens is 600 g/mol. The SMILES string of the molecule is Cc1ccc(S(=O)(=O)N(Cc2ccc(Cl)cc2)c2ccc(OCC(=O)N[C@@H](C)c3cccc(Br)c3)cc2)cc1. The minimum Gasteiger partial charge on any atom is -0.484 e. The molecule has 202 valence electrons. The molecule has 0 radical (unpaired) electrons. The Bertz CT molecular complexity index is 1530. The molecule has 4 rings (SSSR count). The van der Waals surface area contributed by atoms with Crippen LogP contribution >= 0.6 is 27.5 Å². The van der Waals surface area contributed by atoms with Crippen LogP contribution in [0, 0.1) is 6.92 Å². The number of aryl methyl sites for hydroxylation is 1. The quantitative estimate of drug-likeness (QED) is 0.204. The molecule has 0 spiro atoms. The number of hydrogen-bond donors (Lipinski definition) is 1. The van der Waals surface area contributed by atoms with E-state index in [9.17, 15) is 13.2 Å². The molecule has 0 fully saturated rings. The standard InChI is InChI=1S/C30H28BrClN2O4S/c1-21-6-16-29(17-7-21)39(36,37)34(19-23-8-10-26(32)11-9-23)27-12-14-28(15-13-27)38-20-30(35)33-22(2)24-4-3-5-25(31)18-24/h3-18,22H,19-20H2,1-2H3,(H,33,35)/t22-/m0/s1. The van der Waals surface area contributed by atoms with Crippen molar-refractivity contribution in [3.05, 3.63) is 123 Å². The molecule has 0 saturated heterocycles. The van der Waals surface area contributed by atoms with E-state index in [1.165, 1.54) is 4.31 Å². The molecule has 1 amide bonds. The van der Waals surface area contributed by atoms with E-state index in [-0.39, 0.29) is 30.0 Å². The molecular formula is C30H28BrClN2O4S. The van der Waals surface area contributed by atoms with Crippen molar-refractivity contribution in [3.63, 3.8) is 0 Å². The van der Waals surface area contributed by atoms with Crippen molar-refractivity contribution >= 4 is 49.1 Å². The van der Waals surface area contributed by atoms with Gasteiger partial charge in [0.15, 0.2) is 6.61 Å². The first-order valence-electron chi connectivity index (χ1n) is 12.2. The van der Waals surface area contributed by atoms with E-state index in [0.29, 0.717) is 16.5 Å². The Labute approximate surface area is 242 Å². The van der Waals surface area contributed by atoms with Gasteiger partial charge in [-0.3, -0.25) is 9.10 Å². The summed E-state index contributed by atoms with van der Waals surface area (Å²) in [6.07, 6.45) is 0. The minimum atomic E-state index is -3.87. The van der Waals surface area contributed by atoms with Crippen molar-refractivity contribution in [2.24, 2.45) is 0 Å². The molecule has 0 aliphatic carbocycles. The van der Waals surface area contributed by atoms with Gasteiger partial charge in [0.05, 0.1) is 23.2 Å². The zero-order chi connectivity index (χ0) is 28.0. The van der Waals surface area contributed by atoms with Crippen molar-refractivity contribution in [1.82, 2.24) is 5.32 Å². The third-order valence-corrected chi connectivity index (χ3v) is 8.60. The van der Waals surface area contributed by atoms with E-state index < -0.39 is 10.0 Å². The number of hydrogen-bond acceptors (Lipinski definition) is 4. The molecule has 0 bridgehead atoms. The van der Waals surface area contributed by atoms with Gasteiger partial charge < -0.3 is 10.1 Å². The highest BCUT2D eigenvalue weighted by atomic mass is 79.9. The Kier molecular flexibility index (Phi) is 9.32. The van der Waals surface area contributed by atoms with E-state index in [1.54, 1.807) is 72.8 Å². The van der Waals surface area contributed by atoms with Gasteiger partial charge in [0.25, 0.3) is 15.9 Å². The second-order valence-corrected chi connectivity index (χ2v) is 12.3. The molecule has 0 aliphatic rings. The topological polar surface area (TPSA) is 75.7 Å². The van der Waals surface area contributed by atoms with Crippen molar-refractivity contribution < 1.29 is 17.9 Å². The summed E-state index contributed by atoms with van der Waals surface area (Å²) >= 11 is 9.46. The zero-order valence-corrected chi connectivity index (χ0v) is 24.6. The van der Waals surface area contributed by atoms with Gasteiger partial charge in [-0.25, -0.2) is 8.42 Å². The highest BCUT2D eigenvalue weighted by Crippen LogP contribution is 2.28. The highest BCUT2D eigenvalue weighted by molar-refractivity contribution is 9.10. The molecule has 0 saturated carbocycles. The fourth-order valence-electron chi connectivity index (χ4n) is 3.91. The molecule has 4 aromatic rings. The number of halogens is 2. The minimum absolute atomic E-state index is 0.115. The predicted molar refractivity (Wildman–Crippen MR) is 159 cm³/mol. The summed E-state index contributed by atoms with van der Waals surface area (Å²) in [5, 5.41) is 3.49. The number of ether oxygens (including phenoxy) is 1. The second-order valence-electron chi connectivity index (χ2n) is 9.08. The molecule has 9 heteroatoms. The van der Waals surface area contributed by atoms with E-state index in [4.69, 9.17) is 16.3 Å². The monoisotopic (exact) mass is 626 g/mol. The fourth-order valence-corrected chi connectivity index (χ4v) is 5.90. The molecule has 0 aliphatic heterocycles. The van der Waals surface area contributed by atoms with E-state index in [0.717, 1.165) is 21.2 Å². The Balaban J connectivity index is 1.48. The fraction of sp³-hybridized carbons (Fsp3) is 0.167. The van der Waals surface area contributed by atoms with Crippen LogP contribution in [0.5, 0.6) is 5.75 Å². The summed E-state index contributed by atoms with van der Waals surface area (Å²) in [4.78, 5) is 12.6. The number of nitrogens with one attached hydrogen (secondary N) is 1. The number of carbonyl (C=O) groups is 1. The van der Waals surface area contributed by atoms with Crippen LogP contribution in [-0.2, 0) is 21.4 Å². The third kappa shape index (κ3) is 7.62. The smallest absolute Gasteiger partial charge is 0.264 e. The van der Waals surface area contributed by atoms with Crippen LogP contribution in [0.2, 0.25) is 5.02 Å². The normalized spacial score (nSPS) is 12.0. The van der Waals surface area contributed by atoms with Crippen LogP contribution in [0.15, 0.2) is 106 Å². The number of benzene rings is 4. The Hall–Kier alpha value is -3.33. The first kappa shape index (κ1) is 28.7. The lowest BCUT2D eigenvalue weighted by Gasteiger charge is -2.25. The van der Waals surface area contributed by atoms with Gasteiger partial charge in [0.1, 0.15) is 5.75 Å². The van der Waals surface area contributed by atoms with Crippen molar-refractivity contribution in [2.75, 3.05) is 10.9 Å². The van der Waals surface area contributed by atoms with Crippen LogP contribution in [-0.4, -0.2) is 20.9 Å². The summed E-state index contributed by atoms with van der Waals surface area (Å²) in [5.74, 6) is 0.182. The first-order valence-corrected chi connectivity index (χ1v) is 14.8. The maximum absolute atomic E-state index is 13.7. The molecule has 4 aromatic carbocycles. The van der Waals surface area contributed by atoms with Gasteiger partial charge >= 0.3 is 0 Å². The molecule has 1 N–H and O–H groups in total.